The summed E-state index contributed by atoms with van der Waals surface area (Å²) in [5.41, 5.74) is 0. The van der Waals surface area contributed by atoms with Crippen LogP contribution >= 0.6 is 0 Å². The van der Waals surface area contributed by atoms with Gasteiger partial charge in [0.25, 0.3) is 0 Å². The summed E-state index contributed by atoms with van der Waals surface area (Å²) in [5, 5.41) is 18.9. The van der Waals surface area contributed by atoms with Crippen molar-refractivity contribution in [3.05, 3.63) is 0 Å². The first kappa shape index (κ1) is 12.8. The van der Waals surface area contributed by atoms with Crippen LogP contribution in [0.25, 0.3) is 0 Å². The van der Waals surface area contributed by atoms with Gasteiger partial charge >= 0.3 is 0 Å². The highest BCUT2D eigenvalue weighted by Crippen LogP contribution is 2.23. The Kier molecular flexibility index (Phi) is 4.87. The van der Waals surface area contributed by atoms with Crippen LogP contribution in [-0.4, -0.2) is 61.7 Å². The Balaban J connectivity index is 2.73. The Hall–Kier alpha value is -0.280. The Labute approximate surface area is 87.6 Å². The zero-order valence-electron chi connectivity index (χ0n) is 8.70. The molecule has 15 heavy (non-hydrogen) atoms. The summed E-state index contributed by atoms with van der Waals surface area (Å²) < 4.78 is 15.1. The number of hydrogen-bond acceptors (Lipinski definition) is 7. The maximum Gasteiger partial charge on any atom is 0.184 e. The second-order valence-corrected chi connectivity index (χ2v) is 3.31. The van der Waals surface area contributed by atoms with Gasteiger partial charge in [0, 0.05) is 14.2 Å². The summed E-state index contributed by atoms with van der Waals surface area (Å²) in [4.78, 5) is 4.58. The molecule has 0 aromatic heterocycles. The van der Waals surface area contributed by atoms with Crippen LogP contribution in [0, 0.1) is 0 Å². The minimum atomic E-state index is -1.36. The molecule has 0 saturated carbocycles. The van der Waals surface area contributed by atoms with Crippen LogP contribution in [0.2, 0.25) is 0 Å². The predicted octanol–water partition coefficient (Wildman–Crippen LogP) is -2.02. The third-order valence-corrected chi connectivity index (χ3v) is 2.39. The highest BCUT2D eigenvalue weighted by atomic mass is 16.7. The molecule has 0 aliphatic carbocycles. The molecule has 0 unspecified atom stereocenters. The fraction of sp³-hybridized carbons (Fsp3) is 1.00. The van der Waals surface area contributed by atoms with Crippen molar-refractivity contribution in [1.82, 2.24) is 0 Å². The fourth-order valence-corrected chi connectivity index (χ4v) is 1.65. The number of ether oxygens (including phenoxy) is 3. The lowest BCUT2D eigenvalue weighted by atomic mass is 9.99. The molecule has 1 aliphatic rings. The molecular weight excluding hydrogens is 206 g/mol. The molecule has 7 nitrogen and oxygen atoms in total. The van der Waals surface area contributed by atoms with Gasteiger partial charge in [-0.2, -0.15) is 0 Å². The van der Waals surface area contributed by atoms with Crippen molar-refractivity contribution < 1.29 is 29.3 Å². The summed E-state index contributed by atoms with van der Waals surface area (Å²) in [7, 11) is 2.93. The molecule has 0 radical (unpaired) electrons. The van der Waals surface area contributed by atoms with E-state index >= 15 is 0 Å². The molecule has 5 atom stereocenters. The maximum absolute atomic E-state index is 9.52. The summed E-state index contributed by atoms with van der Waals surface area (Å²) in [6, 6.07) is 0. The van der Waals surface area contributed by atoms with Gasteiger partial charge < -0.3 is 24.4 Å². The average molecular weight is 223 g/mol. The first-order chi connectivity index (χ1) is 7.15. The standard InChI is InChI=1S/C8H17NO6/c1-12-3-4-6(13-2)7(15-9)5(10)8(11)14-4/h4-8,10-11H,3,9H2,1-2H3/t4-,5-,6+,7-,8-/m1/s1. The van der Waals surface area contributed by atoms with Crippen LogP contribution < -0.4 is 5.90 Å². The Morgan fingerprint density at radius 3 is 2.40 bits per heavy atom. The third kappa shape index (κ3) is 2.64. The van der Waals surface area contributed by atoms with Gasteiger partial charge in [-0.05, 0) is 0 Å². The van der Waals surface area contributed by atoms with Crippen LogP contribution in [0.15, 0.2) is 0 Å². The number of methoxy groups -OCH3 is 2. The molecule has 0 spiro atoms. The minimum Gasteiger partial charge on any atom is -0.385 e. The van der Waals surface area contributed by atoms with Gasteiger partial charge in [0.05, 0.1) is 6.61 Å². The highest BCUT2D eigenvalue weighted by molar-refractivity contribution is 4.90. The van der Waals surface area contributed by atoms with E-state index in [0.717, 1.165) is 0 Å². The molecule has 0 bridgehead atoms. The highest BCUT2D eigenvalue weighted by Gasteiger charge is 2.45. The minimum absolute atomic E-state index is 0.210. The van der Waals surface area contributed by atoms with E-state index in [9.17, 15) is 10.2 Å². The smallest absolute Gasteiger partial charge is 0.184 e. The Morgan fingerprint density at radius 1 is 1.27 bits per heavy atom. The van der Waals surface area contributed by atoms with Crippen molar-refractivity contribution in [2.45, 2.75) is 30.7 Å². The summed E-state index contributed by atoms with van der Waals surface area (Å²) >= 11 is 0. The molecule has 4 N–H and O–H groups in total. The van der Waals surface area contributed by atoms with Crippen molar-refractivity contribution in [2.24, 2.45) is 5.90 Å². The lowest BCUT2D eigenvalue weighted by Crippen LogP contribution is -2.60. The Bertz CT molecular complexity index is 192. The predicted molar refractivity (Wildman–Crippen MR) is 48.6 cm³/mol. The molecule has 7 heteroatoms. The topological polar surface area (TPSA) is 103 Å². The van der Waals surface area contributed by atoms with E-state index in [1.807, 2.05) is 0 Å². The Morgan fingerprint density at radius 2 is 1.93 bits per heavy atom. The van der Waals surface area contributed by atoms with E-state index in [4.69, 9.17) is 20.1 Å². The molecule has 1 saturated heterocycles. The first-order valence-electron chi connectivity index (χ1n) is 4.54. The van der Waals surface area contributed by atoms with Crippen molar-refractivity contribution >= 4 is 0 Å². The van der Waals surface area contributed by atoms with Crippen LogP contribution in [0.5, 0.6) is 0 Å². The van der Waals surface area contributed by atoms with Crippen molar-refractivity contribution in [1.29, 1.82) is 0 Å². The van der Waals surface area contributed by atoms with Gasteiger partial charge in [0.1, 0.15) is 24.4 Å². The number of aliphatic hydroxyl groups excluding tert-OH is 2. The molecule has 90 valence electrons. The van der Waals surface area contributed by atoms with Crippen LogP contribution in [-0.2, 0) is 19.0 Å². The maximum atomic E-state index is 9.52. The molecule has 1 heterocycles. The van der Waals surface area contributed by atoms with Gasteiger partial charge in [-0.1, -0.05) is 0 Å². The molecule has 1 aliphatic heterocycles. The second-order valence-electron chi connectivity index (χ2n) is 3.31. The third-order valence-electron chi connectivity index (χ3n) is 2.39. The largest absolute Gasteiger partial charge is 0.385 e. The van der Waals surface area contributed by atoms with Gasteiger partial charge in [0.2, 0.25) is 0 Å². The molecule has 1 rings (SSSR count). The molecule has 0 aromatic rings. The van der Waals surface area contributed by atoms with Crippen LogP contribution in [0.3, 0.4) is 0 Å². The van der Waals surface area contributed by atoms with Crippen LogP contribution in [0.4, 0.5) is 0 Å². The summed E-state index contributed by atoms with van der Waals surface area (Å²) in [5.74, 6) is 5.03. The summed E-state index contributed by atoms with van der Waals surface area (Å²) in [6.45, 7) is 0.210. The van der Waals surface area contributed by atoms with E-state index in [-0.39, 0.29) is 6.61 Å². The van der Waals surface area contributed by atoms with Crippen molar-refractivity contribution in [3.63, 3.8) is 0 Å². The normalized spacial score (nSPS) is 41.8. The number of hydrogen-bond donors (Lipinski definition) is 3. The van der Waals surface area contributed by atoms with Crippen LogP contribution in [0.1, 0.15) is 0 Å². The molecule has 0 amide bonds. The van der Waals surface area contributed by atoms with Gasteiger partial charge in [0.15, 0.2) is 6.29 Å². The number of rotatable bonds is 4. The van der Waals surface area contributed by atoms with E-state index in [2.05, 4.69) is 4.84 Å². The fourth-order valence-electron chi connectivity index (χ4n) is 1.65. The zero-order chi connectivity index (χ0) is 11.4. The summed E-state index contributed by atoms with van der Waals surface area (Å²) in [6.07, 6.45) is -4.57. The zero-order valence-corrected chi connectivity index (χ0v) is 8.70. The quantitative estimate of drug-likeness (QED) is 0.473. The van der Waals surface area contributed by atoms with Crippen molar-refractivity contribution in [3.8, 4) is 0 Å². The van der Waals surface area contributed by atoms with E-state index in [1.165, 1.54) is 14.2 Å². The monoisotopic (exact) mass is 223 g/mol. The molecule has 1 fully saturated rings. The first-order valence-corrected chi connectivity index (χ1v) is 4.54. The number of nitrogens with two attached hydrogens (primary N) is 1. The molecular formula is C8H17NO6. The van der Waals surface area contributed by atoms with E-state index in [1.54, 1.807) is 0 Å². The van der Waals surface area contributed by atoms with Gasteiger partial charge in [-0.25, -0.2) is 5.90 Å². The lowest BCUT2D eigenvalue weighted by molar-refractivity contribution is -0.300. The van der Waals surface area contributed by atoms with Crippen molar-refractivity contribution in [2.75, 3.05) is 20.8 Å². The second kappa shape index (κ2) is 5.71. The van der Waals surface area contributed by atoms with Gasteiger partial charge in [-0.3, -0.25) is 4.84 Å². The SMILES string of the molecule is COC[C@H]1O[C@@H](O)[C@H](O)[C@@H](ON)[C@H]1OC. The lowest BCUT2D eigenvalue weighted by Gasteiger charge is -2.40. The molecule has 0 aromatic carbocycles. The van der Waals surface area contributed by atoms with E-state index < -0.39 is 30.7 Å². The van der Waals surface area contributed by atoms with E-state index in [0.29, 0.717) is 0 Å². The average Bonchev–Trinajstić information content (AvgIpc) is 2.23. The van der Waals surface area contributed by atoms with Gasteiger partial charge in [-0.15, -0.1) is 0 Å². The number of aliphatic hydroxyl groups is 2.